The van der Waals surface area contributed by atoms with Gasteiger partial charge in [-0.2, -0.15) is 0 Å². The summed E-state index contributed by atoms with van der Waals surface area (Å²) >= 11 is 0. The molecule has 1 unspecified atom stereocenters. The first-order valence-corrected chi connectivity index (χ1v) is 7.85. The van der Waals surface area contributed by atoms with Gasteiger partial charge in [0.05, 0.1) is 17.7 Å². The Balaban J connectivity index is 0.00000264. The zero-order valence-electron chi connectivity index (χ0n) is 14.0. The van der Waals surface area contributed by atoms with Crippen molar-refractivity contribution < 1.29 is 14.3 Å². The topological polar surface area (TPSA) is 73.6 Å². The van der Waals surface area contributed by atoms with E-state index in [1.54, 1.807) is 0 Å². The molecule has 1 saturated heterocycles. The number of ether oxygens (including phenoxy) is 2. The van der Waals surface area contributed by atoms with Crippen LogP contribution in [-0.2, 0) is 9.53 Å². The molecule has 3 N–H and O–H groups in total. The van der Waals surface area contributed by atoms with Crippen LogP contribution >= 0.6 is 12.4 Å². The van der Waals surface area contributed by atoms with Crippen LogP contribution in [0.4, 0.5) is 0 Å². The third kappa shape index (κ3) is 5.37. The summed E-state index contributed by atoms with van der Waals surface area (Å²) in [6.07, 6.45) is 1.24. The molecule has 130 valence electrons. The highest BCUT2D eigenvalue weighted by Gasteiger charge is 2.36. The Morgan fingerprint density at radius 3 is 2.57 bits per heavy atom. The molecule has 5 nitrogen and oxygen atoms in total. The van der Waals surface area contributed by atoms with Crippen molar-refractivity contribution in [2.45, 2.75) is 51.3 Å². The molecule has 0 saturated carbocycles. The fourth-order valence-electron chi connectivity index (χ4n) is 2.52. The molecule has 2 rings (SSSR count). The lowest BCUT2D eigenvalue weighted by Crippen LogP contribution is -2.57. The first-order valence-electron chi connectivity index (χ1n) is 7.85. The van der Waals surface area contributed by atoms with E-state index in [0.717, 1.165) is 11.3 Å². The molecule has 0 aliphatic carbocycles. The van der Waals surface area contributed by atoms with E-state index in [-0.39, 0.29) is 30.5 Å². The van der Waals surface area contributed by atoms with Crippen LogP contribution in [0.5, 0.6) is 5.75 Å². The molecule has 23 heavy (non-hydrogen) atoms. The molecule has 1 aromatic rings. The van der Waals surface area contributed by atoms with Crippen molar-refractivity contribution in [3.63, 3.8) is 0 Å². The predicted molar refractivity (Wildman–Crippen MR) is 93.0 cm³/mol. The van der Waals surface area contributed by atoms with Crippen LogP contribution in [-0.4, -0.2) is 30.8 Å². The molecular formula is C17H27ClN2O3. The van der Waals surface area contributed by atoms with Gasteiger partial charge in [0.25, 0.3) is 0 Å². The molecular weight excluding hydrogens is 316 g/mol. The Kier molecular flexibility index (Phi) is 7.32. The number of nitrogens with two attached hydrogens (primary N) is 1. The molecule has 1 fully saturated rings. The van der Waals surface area contributed by atoms with Gasteiger partial charge < -0.3 is 20.5 Å². The fourth-order valence-corrected chi connectivity index (χ4v) is 2.52. The van der Waals surface area contributed by atoms with Gasteiger partial charge in [-0.25, -0.2) is 0 Å². The summed E-state index contributed by atoms with van der Waals surface area (Å²) in [5.74, 6) is 0.695. The SMILES string of the molecule is CC(C)Oc1cccc(C(C)NC(=O)C2(N)CCOCC2)c1.Cl. The highest BCUT2D eigenvalue weighted by molar-refractivity contribution is 5.86. The van der Waals surface area contributed by atoms with Gasteiger partial charge in [-0.05, 0) is 51.3 Å². The van der Waals surface area contributed by atoms with E-state index in [9.17, 15) is 4.79 Å². The smallest absolute Gasteiger partial charge is 0.240 e. The third-order valence-corrected chi connectivity index (χ3v) is 3.91. The van der Waals surface area contributed by atoms with Crippen molar-refractivity contribution in [2.24, 2.45) is 5.73 Å². The Morgan fingerprint density at radius 1 is 1.30 bits per heavy atom. The molecule has 1 aromatic carbocycles. The van der Waals surface area contributed by atoms with Crippen LogP contribution < -0.4 is 15.8 Å². The van der Waals surface area contributed by atoms with E-state index in [1.807, 2.05) is 45.0 Å². The van der Waals surface area contributed by atoms with Gasteiger partial charge in [-0.15, -0.1) is 12.4 Å². The first-order chi connectivity index (χ1) is 10.4. The zero-order valence-corrected chi connectivity index (χ0v) is 14.8. The predicted octanol–water partition coefficient (Wildman–Crippen LogP) is 2.58. The minimum absolute atomic E-state index is 0. The summed E-state index contributed by atoms with van der Waals surface area (Å²) in [6, 6.07) is 7.67. The number of hydrogen-bond acceptors (Lipinski definition) is 4. The van der Waals surface area contributed by atoms with E-state index in [1.165, 1.54) is 0 Å². The van der Waals surface area contributed by atoms with E-state index >= 15 is 0 Å². The number of rotatable bonds is 5. The second kappa shape index (κ2) is 8.52. The Morgan fingerprint density at radius 2 is 1.96 bits per heavy atom. The largest absolute Gasteiger partial charge is 0.491 e. The molecule has 0 spiro atoms. The molecule has 6 heteroatoms. The fraction of sp³-hybridized carbons (Fsp3) is 0.588. The number of carbonyl (C=O) groups is 1. The summed E-state index contributed by atoms with van der Waals surface area (Å²) in [5.41, 5.74) is 6.39. The third-order valence-electron chi connectivity index (χ3n) is 3.91. The number of amides is 1. The van der Waals surface area contributed by atoms with Crippen molar-refractivity contribution in [2.75, 3.05) is 13.2 Å². The summed E-state index contributed by atoms with van der Waals surface area (Å²) in [6.45, 7) is 7.00. The van der Waals surface area contributed by atoms with Crippen LogP contribution in [0.15, 0.2) is 24.3 Å². The Bertz CT molecular complexity index is 516. The average molecular weight is 343 g/mol. The molecule has 1 amide bonds. The van der Waals surface area contributed by atoms with Gasteiger partial charge in [-0.1, -0.05) is 12.1 Å². The zero-order chi connectivity index (χ0) is 16.2. The van der Waals surface area contributed by atoms with Crippen LogP contribution in [0, 0.1) is 0 Å². The van der Waals surface area contributed by atoms with Crippen molar-refractivity contribution in [3.8, 4) is 5.75 Å². The molecule has 0 radical (unpaired) electrons. The lowest BCUT2D eigenvalue weighted by Gasteiger charge is -2.33. The maximum absolute atomic E-state index is 12.4. The van der Waals surface area contributed by atoms with E-state index in [0.29, 0.717) is 26.1 Å². The summed E-state index contributed by atoms with van der Waals surface area (Å²) < 4.78 is 11.0. The summed E-state index contributed by atoms with van der Waals surface area (Å²) in [5, 5.41) is 3.01. The van der Waals surface area contributed by atoms with Crippen molar-refractivity contribution in [1.82, 2.24) is 5.32 Å². The highest BCUT2D eigenvalue weighted by Crippen LogP contribution is 2.23. The summed E-state index contributed by atoms with van der Waals surface area (Å²) in [4.78, 5) is 12.4. The van der Waals surface area contributed by atoms with E-state index in [2.05, 4.69) is 5.32 Å². The van der Waals surface area contributed by atoms with Gasteiger partial charge in [0.1, 0.15) is 5.75 Å². The van der Waals surface area contributed by atoms with E-state index < -0.39 is 5.54 Å². The standard InChI is InChI=1S/C17H26N2O3.ClH/c1-12(2)22-15-6-4-5-14(11-15)13(3)19-16(20)17(18)7-9-21-10-8-17;/h4-6,11-13H,7-10,18H2,1-3H3,(H,19,20);1H. The number of nitrogens with one attached hydrogen (secondary N) is 1. The number of hydrogen-bond donors (Lipinski definition) is 2. The minimum Gasteiger partial charge on any atom is -0.491 e. The Labute approximate surface area is 144 Å². The second-order valence-corrected chi connectivity index (χ2v) is 6.20. The molecule has 1 atom stereocenters. The van der Waals surface area contributed by atoms with E-state index in [4.69, 9.17) is 15.2 Å². The average Bonchev–Trinajstić information content (AvgIpc) is 2.47. The van der Waals surface area contributed by atoms with Gasteiger partial charge in [-0.3, -0.25) is 4.79 Å². The Hall–Kier alpha value is -1.30. The minimum atomic E-state index is -0.821. The van der Waals surface area contributed by atoms with Crippen LogP contribution in [0.25, 0.3) is 0 Å². The van der Waals surface area contributed by atoms with Crippen molar-refractivity contribution in [1.29, 1.82) is 0 Å². The number of carbonyl (C=O) groups excluding carboxylic acids is 1. The summed E-state index contributed by atoms with van der Waals surface area (Å²) in [7, 11) is 0. The molecule has 0 aromatic heterocycles. The molecule has 1 heterocycles. The van der Waals surface area contributed by atoms with Crippen LogP contribution in [0.1, 0.15) is 45.2 Å². The van der Waals surface area contributed by atoms with Gasteiger partial charge >= 0.3 is 0 Å². The molecule has 1 aliphatic heterocycles. The molecule has 1 aliphatic rings. The van der Waals surface area contributed by atoms with Gasteiger partial charge in [0.15, 0.2) is 0 Å². The quantitative estimate of drug-likeness (QED) is 0.862. The maximum Gasteiger partial charge on any atom is 0.240 e. The molecule has 0 bridgehead atoms. The van der Waals surface area contributed by atoms with Crippen molar-refractivity contribution >= 4 is 18.3 Å². The first kappa shape index (κ1) is 19.7. The lowest BCUT2D eigenvalue weighted by atomic mass is 9.90. The van der Waals surface area contributed by atoms with Crippen molar-refractivity contribution in [3.05, 3.63) is 29.8 Å². The second-order valence-electron chi connectivity index (χ2n) is 6.20. The number of halogens is 1. The maximum atomic E-state index is 12.4. The lowest BCUT2D eigenvalue weighted by molar-refractivity contribution is -0.130. The monoisotopic (exact) mass is 342 g/mol. The van der Waals surface area contributed by atoms with Gasteiger partial charge in [0, 0.05) is 13.2 Å². The highest BCUT2D eigenvalue weighted by atomic mass is 35.5. The van der Waals surface area contributed by atoms with Crippen LogP contribution in [0.2, 0.25) is 0 Å². The normalized spacial score (nSPS) is 18.0. The van der Waals surface area contributed by atoms with Crippen LogP contribution in [0.3, 0.4) is 0 Å². The number of benzene rings is 1. The van der Waals surface area contributed by atoms with Gasteiger partial charge in [0.2, 0.25) is 5.91 Å².